The zero-order valence-electron chi connectivity index (χ0n) is 14.2. The molecule has 6 heteroatoms. The summed E-state index contributed by atoms with van der Waals surface area (Å²) in [5.41, 5.74) is 5.20. The first-order valence-electron chi connectivity index (χ1n) is 8.04. The van der Waals surface area contributed by atoms with E-state index in [4.69, 9.17) is 8.83 Å². The predicted octanol–water partition coefficient (Wildman–Crippen LogP) is 5.72. The molecule has 0 bridgehead atoms. The fraction of sp³-hybridized carbons (Fsp3) is 0.100. The van der Waals surface area contributed by atoms with Gasteiger partial charge in [0.2, 0.25) is 5.89 Å². The molecule has 4 aromatic rings. The molecule has 4 rings (SSSR count). The second-order valence-electron chi connectivity index (χ2n) is 6.14. The van der Waals surface area contributed by atoms with Crippen LogP contribution in [0.4, 0.5) is 5.69 Å². The first-order chi connectivity index (χ1) is 12.5. The van der Waals surface area contributed by atoms with Gasteiger partial charge < -0.3 is 14.2 Å². The van der Waals surface area contributed by atoms with Crippen LogP contribution in [0.3, 0.4) is 0 Å². The van der Waals surface area contributed by atoms with Gasteiger partial charge in [-0.15, -0.1) is 0 Å². The maximum atomic E-state index is 12.2. The Morgan fingerprint density at radius 2 is 1.77 bits per heavy atom. The fourth-order valence-electron chi connectivity index (χ4n) is 2.86. The van der Waals surface area contributed by atoms with E-state index in [1.807, 2.05) is 26.0 Å². The van der Waals surface area contributed by atoms with Crippen molar-refractivity contribution in [2.45, 2.75) is 13.8 Å². The molecular formula is C20H15BrN2O3. The number of carbonyl (C=O) groups is 1. The van der Waals surface area contributed by atoms with Gasteiger partial charge in [0.05, 0.1) is 0 Å². The normalized spacial score (nSPS) is 11.0. The van der Waals surface area contributed by atoms with E-state index >= 15 is 0 Å². The average molecular weight is 411 g/mol. The van der Waals surface area contributed by atoms with Gasteiger partial charge >= 0.3 is 0 Å². The third-order valence-electron chi connectivity index (χ3n) is 3.91. The van der Waals surface area contributed by atoms with Gasteiger partial charge in [-0.05, 0) is 72.2 Å². The fourth-order valence-corrected chi connectivity index (χ4v) is 3.16. The average Bonchev–Trinajstić information content (AvgIpc) is 3.19. The SMILES string of the molecule is Cc1cc(C)cc(-c2nc3cc(NC(=O)c4ccc(Br)o4)ccc3o2)c1. The van der Waals surface area contributed by atoms with Crippen LogP contribution in [-0.2, 0) is 0 Å². The highest BCUT2D eigenvalue weighted by atomic mass is 79.9. The highest BCUT2D eigenvalue weighted by molar-refractivity contribution is 9.10. The zero-order chi connectivity index (χ0) is 18.3. The number of aryl methyl sites for hydroxylation is 2. The molecule has 1 N–H and O–H groups in total. The van der Waals surface area contributed by atoms with Gasteiger partial charge in [0.1, 0.15) is 5.52 Å². The van der Waals surface area contributed by atoms with Crippen molar-refractivity contribution in [2.75, 3.05) is 5.32 Å². The van der Waals surface area contributed by atoms with Gasteiger partial charge in [-0.1, -0.05) is 17.2 Å². The van der Waals surface area contributed by atoms with Crippen molar-refractivity contribution in [1.29, 1.82) is 0 Å². The van der Waals surface area contributed by atoms with Crippen molar-refractivity contribution >= 4 is 38.6 Å². The van der Waals surface area contributed by atoms with E-state index in [-0.39, 0.29) is 11.7 Å². The number of nitrogens with zero attached hydrogens (tertiary/aromatic N) is 1. The van der Waals surface area contributed by atoms with Crippen LogP contribution in [-0.4, -0.2) is 10.9 Å². The highest BCUT2D eigenvalue weighted by Crippen LogP contribution is 2.28. The summed E-state index contributed by atoms with van der Waals surface area (Å²) >= 11 is 3.18. The Kier molecular flexibility index (Phi) is 4.12. The number of oxazole rings is 1. The van der Waals surface area contributed by atoms with Crippen molar-refractivity contribution in [1.82, 2.24) is 4.98 Å². The van der Waals surface area contributed by atoms with Gasteiger partial charge in [0, 0.05) is 11.3 Å². The summed E-state index contributed by atoms with van der Waals surface area (Å²) in [6.45, 7) is 4.08. The number of aromatic nitrogens is 1. The lowest BCUT2D eigenvalue weighted by Gasteiger charge is -2.02. The summed E-state index contributed by atoms with van der Waals surface area (Å²) in [5.74, 6) is 0.464. The molecule has 1 amide bonds. The molecule has 0 aliphatic rings. The number of benzene rings is 2. The number of anilines is 1. The standard InChI is InChI=1S/C20H15BrN2O3/c1-11-7-12(2)9-13(8-11)20-23-15-10-14(3-4-16(15)26-20)22-19(24)17-5-6-18(21)25-17/h3-10H,1-2H3,(H,22,24). The maximum absolute atomic E-state index is 12.2. The lowest BCUT2D eigenvalue weighted by molar-refractivity contribution is 0.0995. The topological polar surface area (TPSA) is 68.3 Å². The number of furan rings is 1. The molecule has 130 valence electrons. The minimum atomic E-state index is -0.326. The zero-order valence-corrected chi connectivity index (χ0v) is 15.8. The molecule has 2 aromatic heterocycles. The van der Waals surface area contributed by atoms with E-state index in [9.17, 15) is 4.79 Å². The summed E-state index contributed by atoms with van der Waals surface area (Å²) in [7, 11) is 0. The van der Waals surface area contributed by atoms with Crippen LogP contribution in [0.25, 0.3) is 22.6 Å². The minimum Gasteiger partial charge on any atom is -0.444 e. The number of fused-ring (bicyclic) bond motifs is 1. The molecule has 5 nitrogen and oxygen atoms in total. The lowest BCUT2D eigenvalue weighted by Crippen LogP contribution is -2.10. The van der Waals surface area contributed by atoms with Crippen molar-refractivity contribution < 1.29 is 13.6 Å². The first-order valence-corrected chi connectivity index (χ1v) is 8.83. The summed E-state index contributed by atoms with van der Waals surface area (Å²) in [6, 6.07) is 14.8. The third-order valence-corrected chi connectivity index (χ3v) is 4.34. The molecule has 0 fully saturated rings. The number of hydrogen-bond acceptors (Lipinski definition) is 4. The molecule has 0 atom stereocenters. The summed E-state index contributed by atoms with van der Waals surface area (Å²) < 4.78 is 11.6. The van der Waals surface area contributed by atoms with E-state index in [1.54, 1.807) is 30.3 Å². The van der Waals surface area contributed by atoms with E-state index < -0.39 is 0 Å². The number of hydrogen-bond donors (Lipinski definition) is 1. The molecule has 0 saturated heterocycles. The van der Waals surface area contributed by atoms with Crippen LogP contribution in [0.2, 0.25) is 0 Å². The predicted molar refractivity (Wildman–Crippen MR) is 103 cm³/mol. The minimum absolute atomic E-state index is 0.230. The molecule has 0 unspecified atom stereocenters. The summed E-state index contributed by atoms with van der Waals surface area (Å²) in [6.07, 6.45) is 0. The van der Waals surface area contributed by atoms with E-state index in [2.05, 4.69) is 32.3 Å². The van der Waals surface area contributed by atoms with E-state index in [0.29, 0.717) is 27.3 Å². The molecule has 2 aromatic carbocycles. The van der Waals surface area contributed by atoms with Crippen LogP contribution in [0.15, 0.2) is 62.0 Å². The smallest absolute Gasteiger partial charge is 0.291 e. The first kappa shape index (κ1) is 16.6. The largest absolute Gasteiger partial charge is 0.444 e. The molecule has 0 radical (unpaired) electrons. The van der Waals surface area contributed by atoms with Crippen molar-refractivity contribution in [2.24, 2.45) is 0 Å². The number of rotatable bonds is 3. The lowest BCUT2D eigenvalue weighted by atomic mass is 10.1. The van der Waals surface area contributed by atoms with Gasteiger partial charge in [-0.25, -0.2) is 4.98 Å². The Balaban J connectivity index is 1.64. The molecule has 2 heterocycles. The molecule has 0 aliphatic carbocycles. The number of halogens is 1. The second kappa shape index (κ2) is 6.46. The van der Waals surface area contributed by atoms with E-state index in [1.165, 1.54) is 0 Å². The van der Waals surface area contributed by atoms with Crippen LogP contribution in [0.5, 0.6) is 0 Å². The Morgan fingerprint density at radius 1 is 1.00 bits per heavy atom. The van der Waals surface area contributed by atoms with Crippen LogP contribution >= 0.6 is 15.9 Å². The monoisotopic (exact) mass is 410 g/mol. The Labute approximate surface area is 158 Å². The number of amides is 1. The molecule has 0 saturated carbocycles. The highest BCUT2D eigenvalue weighted by Gasteiger charge is 2.13. The third kappa shape index (κ3) is 3.28. The Morgan fingerprint density at radius 3 is 2.46 bits per heavy atom. The van der Waals surface area contributed by atoms with Crippen molar-refractivity contribution in [3.63, 3.8) is 0 Å². The summed E-state index contributed by atoms with van der Waals surface area (Å²) in [4.78, 5) is 16.8. The van der Waals surface area contributed by atoms with Gasteiger partial charge in [0.15, 0.2) is 16.0 Å². The number of carbonyl (C=O) groups excluding carboxylic acids is 1. The van der Waals surface area contributed by atoms with Gasteiger partial charge in [-0.3, -0.25) is 4.79 Å². The maximum Gasteiger partial charge on any atom is 0.291 e. The molecular weight excluding hydrogens is 396 g/mol. The van der Waals surface area contributed by atoms with Crippen molar-refractivity contribution in [3.05, 3.63) is 70.1 Å². The Hall–Kier alpha value is -2.86. The number of nitrogens with one attached hydrogen (secondary N) is 1. The van der Waals surface area contributed by atoms with Crippen LogP contribution < -0.4 is 5.32 Å². The van der Waals surface area contributed by atoms with Gasteiger partial charge in [0.25, 0.3) is 5.91 Å². The van der Waals surface area contributed by atoms with Gasteiger partial charge in [-0.2, -0.15) is 0 Å². The second-order valence-corrected chi connectivity index (χ2v) is 6.92. The molecule has 26 heavy (non-hydrogen) atoms. The molecule has 0 aliphatic heterocycles. The van der Waals surface area contributed by atoms with E-state index in [0.717, 1.165) is 16.7 Å². The Bertz CT molecular complexity index is 1110. The molecule has 0 spiro atoms. The van der Waals surface area contributed by atoms with Crippen LogP contribution in [0, 0.1) is 13.8 Å². The van der Waals surface area contributed by atoms with Crippen molar-refractivity contribution in [3.8, 4) is 11.5 Å². The van der Waals surface area contributed by atoms with Crippen LogP contribution in [0.1, 0.15) is 21.7 Å². The quantitative estimate of drug-likeness (QED) is 0.468. The summed E-state index contributed by atoms with van der Waals surface area (Å²) in [5, 5.41) is 2.80.